The lowest BCUT2D eigenvalue weighted by Crippen LogP contribution is -2.30. The minimum absolute atomic E-state index is 0.0412. The summed E-state index contributed by atoms with van der Waals surface area (Å²) < 4.78 is 5.12. The topological polar surface area (TPSA) is 95.9 Å². The average Bonchev–Trinajstić information content (AvgIpc) is 3.13. The first kappa shape index (κ1) is 19.4. The maximum Gasteiger partial charge on any atom is 0.305 e. The highest BCUT2D eigenvalue weighted by Crippen LogP contribution is 2.24. The van der Waals surface area contributed by atoms with Crippen molar-refractivity contribution in [3.8, 4) is 5.75 Å². The van der Waals surface area contributed by atoms with E-state index in [1.807, 2.05) is 0 Å². The van der Waals surface area contributed by atoms with Gasteiger partial charge in [-0.25, -0.2) is 0 Å². The number of amides is 2. The third kappa shape index (κ3) is 4.49. The smallest absolute Gasteiger partial charge is 0.305 e. The lowest BCUT2D eigenvalue weighted by molar-refractivity contribution is -0.137. The quantitative estimate of drug-likeness (QED) is 0.768. The van der Waals surface area contributed by atoms with Crippen LogP contribution in [0.4, 0.5) is 5.69 Å². The first-order valence-corrected chi connectivity index (χ1v) is 9.05. The zero-order valence-electron chi connectivity index (χ0n) is 15.6. The number of nitrogens with zero attached hydrogens (tertiary/aromatic N) is 1. The molecule has 2 aromatic rings. The second-order valence-electron chi connectivity index (χ2n) is 6.60. The summed E-state index contributed by atoms with van der Waals surface area (Å²) in [5, 5.41) is 12.0. The molecular formula is C21H22N2O5. The molecule has 0 radical (unpaired) electrons. The molecule has 2 amide bonds. The van der Waals surface area contributed by atoms with Gasteiger partial charge >= 0.3 is 5.97 Å². The van der Waals surface area contributed by atoms with Gasteiger partial charge in [0, 0.05) is 24.2 Å². The van der Waals surface area contributed by atoms with Gasteiger partial charge in [-0.2, -0.15) is 0 Å². The van der Waals surface area contributed by atoms with Gasteiger partial charge in [-0.1, -0.05) is 18.2 Å². The maximum atomic E-state index is 12.7. The standard InChI is InChI=1S/C21H22N2O5/c1-28-17-9-7-14(8-10-17)18(13-20(25)26)22-21(27)15-4-2-5-16(12-15)23-11-3-6-19(23)24/h2,4-5,7-10,12,18H,3,6,11,13H2,1H3,(H,22,27)(H,25,26)/t18-/m1/s1. The van der Waals surface area contributed by atoms with Crippen LogP contribution in [0.1, 0.15) is 41.2 Å². The van der Waals surface area contributed by atoms with Crippen LogP contribution in [0.5, 0.6) is 5.75 Å². The fraction of sp³-hybridized carbons (Fsp3) is 0.286. The highest BCUT2D eigenvalue weighted by molar-refractivity contribution is 5.99. The van der Waals surface area contributed by atoms with E-state index in [0.29, 0.717) is 35.5 Å². The zero-order chi connectivity index (χ0) is 20.1. The number of benzene rings is 2. The maximum absolute atomic E-state index is 12.7. The summed E-state index contributed by atoms with van der Waals surface area (Å²) in [6.45, 7) is 0.636. The molecule has 146 valence electrons. The Labute approximate surface area is 162 Å². The Hall–Kier alpha value is -3.35. The number of nitrogens with one attached hydrogen (secondary N) is 1. The summed E-state index contributed by atoms with van der Waals surface area (Å²) in [7, 11) is 1.55. The minimum atomic E-state index is -1.02. The molecule has 1 saturated heterocycles. The van der Waals surface area contributed by atoms with Crippen LogP contribution < -0.4 is 15.0 Å². The fourth-order valence-corrected chi connectivity index (χ4v) is 3.24. The number of methoxy groups -OCH3 is 1. The normalized spacial score (nSPS) is 14.6. The molecule has 1 atom stereocenters. The number of carbonyl (C=O) groups excluding carboxylic acids is 2. The summed E-state index contributed by atoms with van der Waals surface area (Å²) in [5.74, 6) is -0.722. The highest BCUT2D eigenvalue weighted by atomic mass is 16.5. The molecule has 7 nitrogen and oxygen atoms in total. The van der Waals surface area contributed by atoms with E-state index in [-0.39, 0.29) is 12.3 Å². The molecule has 0 unspecified atom stereocenters. The van der Waals surface area contributed by atoms with Crippen molar-refractivity contribution < 1.29 is 24.2 Å². The van der Waals surface area contributed by atoms with Gasteiger partial charge in [-0.05, 0) is 42.3 Å². The summed E-state index contributed by atoms with van der Waals surface area (Å²) in [6, 6.07) is 13.0. The van der Waals surface area contributed by atoms with Crippen LogP contribution in [-0.4, -0.2) is 36.5 Å². The van der Waals surface area contributed by atoms with Gasteiger partial charge in [0.15, 0.2) is 0 Å². The van der Waals surface area contributed by atoms with E-state index in [2.05, 4.69) is 5.32 Å². The Balaban J connectivity index is 1.79. The van der Waals surface area contributed by atoms with Crippen LogP contribution in [0.25, 0.3) is 0 Å². The van der Waals surface area contributed by atoms with Crippen LogP contribution in [0, 0.1) is 0 Å². The Kier molecular flexibility index (Phi) is 5.93. The highest BCUT2D eigenvalue weighted by Gasteiger charge is 2.23. The van der Waals surface area contributed by atoms with Crippen molar-refractivity contribution in [2.45, 2.75) is 25.3 Å². The summed E-state index contributed by atoms with van der Waals surface area (Å²) in [4.78, 5) is 37.6. The summed E-state index contributed by atoms with van der Waals surface area (Å²) in [5.41, 5.74) is 1.72. The predicted molar refractivity (Wildman–Crippen MR) is 103 cm³/mol. The second kappa shape index (κ2) is 8.56. The van der Waals surface area contributed by atoms with E-state index in [0.717, 1.165) is 6.42 Å². The van der Waals surface area contributed by atoms with Gasteiger partial charge in [0.2, 0.25) is 5.91 Å². The SMILES string of the molecule is COc1ccc([C@@H](CC(=O)O)NC(=O)c2cccc(N3CCCC3=O)c2)cc1. The van der Waals surface area contributed by atoms with E-state index in [9.17, 15) is 19.5 Å². The number of anilines is 1. The van der Waals surface area contributed by atoms with Crippen LogP contribution in [0.15, 0.2) is 48.5 Å². The Morgan fingerprint density at radius 1 is 1.21 bits per heavy atom. The van der Waals surface area contributed by atoms with Crippen molar-refractivity contribution in [1.29, 1.82) is 0 Å². The number of carboxylic acids is 1. The largest absolute Gasteiger partial charge is 0.497 e. The summed E-state index contributed by atoms with van der Waals surface area (Å²) in [6.07, 6.45) is 1.06. The van der Waals surface area contributed by atoms with Gasteiger partial charge in [0.25, 0.3) is 5.91 Å². The lowest BCUT2D eigenvalue weighted by Gasteiger charge is -2.19. The van der Waals surface area contributed by atoms with Crippen LogP contribution in [0.2, 0.25) is 0 Å². The molecule has 1 heterocycles. The molecule has 0 bridgehead atoms. The molecule has 0 aromatic heterocycles. The van der Waals surface area contributed by atoms with Gasteiger partial charge < -0.3 is 20.1 Å². The Morgan fingerprint density at radius 2 is 1.96 bits per heavy atom. The van der Waals surface area contributed by atoms with Crippen LogP contribution in [-0.2, 0) is 9.59 Å². The molecular weight excluding hydrogens is 360 g/mol. The number of aliphatic carboxylic acids is 1. The number of hydrogen-bond donors (Lipinski definition) is 2. The first-order chi connectivity index (χ1) is 13.5. The molecule has 28 heavy (non-hydrogen) atoms. The van der Waals surface area contributed by atoms with Crippen molar-refractivity contribution >= 4 is 23.5 Å². The molecule has 2 N–H and O–H groups in total. The van der Waals surface area contributed by atoms with Crippen molar-refractivity contribution in [2.75, 3.05) is 18.6 Å². The van der Waals surface area contributed by atoms with Gasteiger partial charge in [-0.15, -0.1) is 0 Å². The van der Waals surface area contributed by atoms with Crippen molar-refractivity contribution in [3.05, 3.63) is 59.7 Å². The monoisotopic (exact) mass is 382 g/mol. The molecule has 0 saturated carbocycles. The van der Waals surface area contributed by atoms with E-state index >= 15 is 0 Å². The van der Waals surface area contributed by atoms with E-state index in [4.69, 9.17) is 4.74 Å². The average molecular weight is 382 g/mol. The Bertz CT molecular complexity index is 879. The van der Waals surface area contributed by atoms with E-state index in [1.165, 1.54) is 0 Å². The third-order valence-electron chi connectivity index (χ3n) is 4.70. The van der Waals surface area contributed by atoms with Crippen molar-refractivity contribution in [3.63, 3.8) is 0 Å². The van der Waals surface area contributed by atoms with E-state index < -0.39 is 17.9 Å². The summed E-state index contributed by atoms with van der Waals surface area (Å²) >= 11 is 0. The molecule has 1 aliphatic rings. The second-order valence-corrected chi connectivity index (χ2v) is 6.60. The minimum Gasteiger partial charge on any atom is -0.497 e. The molecule has 2 aromatic carbocycles. The lowest BCUT2D eigenvalue weighted by atomic mass is 10.0. The van der Waals surface area contributed by atoms with Crippen LogP contribution in [0.3, 0.4) is 0 Å². The number of hydrogen-bond acceptors (Lipinski definition) is 4. The predicted octanol–water partition coefficient (Wildman–Crippen LogP) is 2.77. The molecule has 1 aliphatic heterocycles. The third-order valence-corrected chi connectivity index (χ3v) is 4.70. The molecule has 3 rings (SSSR count). The Morgan fingerprint density at radius 3 is 2.57 bits per heavy atom. The molecule has 0 aliphatic carbocycles. The van der Waals surface area contributed by atoms with E-state index in [1.54, 1.807) is 60.5 Å². The number of rotatable bonds is 7. The number of carboxylic acid groups (broad SMARTS) is 1. The van der Waals surface area contributed by atoms with Gasteiger partial charge in [0.1, 0.15) is 5.75 Å². The van der Waals surface area contributed by atoms with Crippen LogP contribution >= 0.6 is 0 Å². The van der Waals surface area contributed by atoms with Gasteiger partial charge in [0.05, 0.1) is 19.6 Å². The van der Waals surface area contributed by atoms with Crippen molar-refractivity contribution in [2.24, 2.45) is 0 Å². The number of ether oxygens (including phenoxy) is 1. The first-order valence-electron chi connectivity index (χ1n) is 9.05. The number of carbonyl (C=O) groups is 3. The fourth-order valence-electron chi connectivity index (χ4n) is 3.24. The molecule has 1 fully saturated rings. The molecule has 7 heteroatoms. The van der Waals surface area contributed by atoms with Gasteiger partial charge in [-0.3, -0.25) is 14.4 Å². The molecule has 0 spiro atoms. The zero-order valence-corrected chi connectivity index (χ0v) is 15.6. The van der Waals surface area contributed by atoms with Crippen molar-refractivity contribution in [1.82, 2.24) is 5.32 Å².